The molecular weight excluding hydrogens is 230 g/mol. The first-order valence-electron chi connectivity index (χ1n) is 6.25. The Kier molecular flexibility index (Phi) is 6.79. The van der Waals surface area contributed by atoms with E-state index in [2.05, 4.69) is 21.4 Å². The van der Waals surface area contributed by atoms with E-state index in [4.69, 9.17) is 4.74 Å². The van der Waals surface area contributed by atoms with E-state index in [0.717, 1.165) is 25.9 Å². The molecule has 1 aromatic rings. The van der Waals surface area contributed by atoms with Gasteiger partial charge in [-0.25, -0.2) is 9.78 Å². The van der Waals surface area contributed by atoms with Crippen molar-refractivity contribution in [2.45, 2.75) is 26.3 Å². The van der Waals surface area contributed by atoms with Crippen LogP contribution < -0.4 is 5.32 Å². The van der Waals surface area contributed by atoms with Crippen molar-refractivity contribution in [3.05, 3.63) is 30.9 Å². The second kappa shape index (κ2) is 8.47. The summed E-state index contributed by atoms with van der Waals surface area (Å²) in [7, 11) is 0. The summed E-state index contributed by atoms with van der Waals surface area (Å²) >= 11 is 0. The average Bonchev–Trinajstić information content (AvgIpc) is 2.86. The van der Waals surface area contributed by atoms with Gasteiger partial charge in [-0.05, 0) is 26.3 Å². The van der Waals surface area contributed by atoms with Crippen LogP contribution >= 0.6 is 0 Å². The van der Waals surface area contributed by atoms with E-state index < -0.39 is 0 Å². The maximum absolute atomic E-state index is 11.2. The van der Waals surface area contributed by atoms with Crippen LogP contribution in [0.15, 0.2) is 30.9 Å². The lowest BCUT2D eigenvalue weighted by molar-refractivity contribution is -0.138. The maximum Gasteiger partial charge on any atom is 0.334 e. The number of hydrogen-bond acceptors (Lipinski definition) is 4. The van der Waals surface area contributed by atoms with Crippen LogP contribution in [-0.2, 0) is 16.1 Å². The predicted molar refractivity (Wildman–Crippen MR) is 70.1 cm³/mol. The average molecular weight is 251 g/mol. The van der Waals surface area contributed by atoms with Crippen molar-refractivity contribution in [1.29, 1.82) is 0 Å². The molecule has 0 amide bonds. The van der Waals surface area contributed by atoms with Gasteiger partial charge < -0.3 is 14.6 Å². The van der Waals surface area contributed by atoms with Gasteiger partial charge in [0.15, 0.2) is 0 Å². The lowest BCUT2D eigenvalue weighted by Crippen LogP contribution is -2.23. The van der Waals surface area contributed by atoms with E-state index in [0.29, 0.717) is 18.7 Å². The fourth-order valence-electron chi connectivity index (χ4n) is 1.51. The van der Waals surface area contributed by atoms with E-state index in [9.17, 15) is 4.79 Å². The highest BCUT2D eigenvalue weighted by molar-refractivity contribution is 5.88. The number of hydrogen-bond donors (Lipinski definition) is 1. The third kappa shape index (κ3) is 5.63. The number of nitrogens with zero attached hydrogens (tertiary/aromatic N) is 2. The highest BCUT2D eigenvalue weighted by Gasteiger charge is 2.06. The van der Waals surface area contributed by atoms with E-state index in [1.165, 1.54) is 0 Å². The highest BCUT2D eigenvalue weighted by Crippen LogP contribution is 1.96. The summed E-state index contributed by atoms with van der Waals surface area (Å²) < 4.78 is 6.90. The summed E-state index contributed by atoms with van der Waals surface area (Å²) in [6, 6.07) is 0. The van der Waals surface area contributed by atoms with Crippen LogP contribution in [0.1, 0.15) is 19.8 Å². The smallest absolute Gasteiger partial charge is 0.334 e. The lowest BCUT2D eigenvalue weighted by Gasteiger charge is -2.07. The van der Waals surface area contributed by atoms with E-state index in [-0.39, 0.29) is 5.97 Å². The van der Waals surface area contributed by atoms with Gasteiger partial charge >= 0.3 is 5.97 Å². The molecule has 5 nitrogen and oxygen atoms in total. The number of carbonyl (C=O) groups is 1. The summed E-state index contributed by atoms with van der Waals surface area (Å²) in [6.07, 6.45) is 7.68. The number of ether oxygens (including phenoxy) is 1. The van der Waals surface area contributed by atoms with Crippen molar-refractivity contribution in [2.24, 2.45) is 0 Å². The molecular formula is C13H21N3O2. The van der Waals surface area contributed by atoms with Crippen molar-refractivity contribution in [1.82, 2.24) is 14.9 Å². The topological polar surface area (TPSA) is 56.2 Å². The van der Waals surface area contributed by atoms with Crippen LogP contribution in [0.3, 0.4) is 0 Å². The van der Waals surface area contributed by atoms with Gasteiger partial charge in [0.05, 0.1) is 12.9 Å². The number of unbranched alkanes of at least 4 members (excludes halogenated alkanes) is 1. The first-order valence-corrected chi connectivity index (χ1v) is 6.25. The molecule has 1 heterocycles. The van der Waals surface area contributed by atoms with Crippen LogP contribution in [-0.4, -0.2) is 35.2 Å². The van der Waals surface area contributed by atoms with Crippen molar-refractivity contribution in [3.8, 4) is 0 Å². The maximum atomic E-state index is 11.2. The van der Waals surface area contributed by atoms with Gasteiger partial charge in [-0.15, -0.1) is 0 Å². The number of aromatic nitrogens is 2. The molecule has 1 N–H and O–H groups in total. The fraction of sp³-hybridized carbons (Fsp3) is 0.538. The molecule has 0 aliphatic heterocycles. The van der Waals surface area contributed by atoms with Crippen LogP contribution in [0.2, 0.25) is 0 Å². The highest BCUT2D eigenvalue weighted by atomic mass is 16.5. The summed E-state index contributed by atoms with van der Waals surface area (Å²) in [5.74, 6) is -0.316. The molecule has 0 fully saturated rings. The molecule has 0 spiro atoms. The van der Waals surface area contributed by atoms with Crippen molar-refractivity contribution < 1.29 is 9.53 Å². The molecule has 0 unspecified atom stereocenters. The molecule has 0 aliphatic rings. The van der Waals surface area contributed by atoms with Crippen LogP contribution in [0, 0.1) is 0 Å². The molecule has 0 saturated carbocycles. The van der Waals surface area contributed by atoms with Crippen molar-refractivity contribution in [3.63, 3.8) is 0 Å². The quantitative estimate of drug-likeness (QED) is 0.409. The summed E-state index contributed by atoms with van der Waals surface area (Å²) in [4.78, 5) is 15.2. The Hall–Kier alpha value is -1.62. The van der Waals surface area contributed by atoms with Crippen LogP contribution in [0.5, 0.6) is 0 Å². The minimum Gasteiger partial charge on any atom is -0.463 e. The number of rotatable bonds is 9. The number of carbonyl (C=O) groups excluding carboxylic acids is 1. The predicted octanol–water partition coefficient (Wildman–Crippen LogP) is 1.37. The van der Waals surface area contributed by atoms with E-state index >= 15 is 0 Å². The zero-order valence-electron chi connectivity index (χ0n) is 10.9. The first kappa shape index (κ1) is 14.4. The molecule has 0 aromatic carbocycles. The second-order valence-electron chi connectivity index (χ2n) is 4.01. The van der Waals surface area contributed by atoms with Gasteiger partial charge in [-0.1, -0.05) is 6.58 Å². The normalized spacial score (nSPS) is 10.3. The summed E-state index contributed by atoms with van der Waals surface area (Å²) in [5, 5.41) is 3.18. The standard InChI is InChI=1S/C13H21N3O2/c1-3-18-13(17)12(2)10-14-6-4-5-8-16-9-7-15-11-16/h7,9,11,14H,2-6,8,10H2,1H3. The molecule has 0 aliphatic carbocycles. The molecule has 0 bridgehead atoms. The van der Waals surface area contributed by atoms with Gasteiger partial charge in [-0.2, -0.15) is 0 Å². The van der Waals surface area contributed by atoms with Crippen molar-refractivity contribution >= 4 is 5.97 Å². The van der Waals surface area contributed by atoms with Crippen molar-refractivity contribution in [2.75, 3.05) is 19.7 Å². The largest absolute Gasteiger partial charge is 0.463 e. The number of nitrogens with one attached hydrogen (secondary N) is 1. The van der Waals surface area contributed by atoms with E-state index in [1.807, 2.05) is 12.5 Å². The van der Waals surface area contributed by atoms with Crippen LogP contribution in [0.25, 0.3) is 0 Å². The minimum absolute atomic E-state index is 0.316. The second-order valence-corrected chi connectivity index (χ2v) is 4.01. The Labute approximate surface area is 108 Å². The molecule has 1 rings (SSSR count). The molecule has 0 radical (unpaired) electrons. The third-order valence-electron chi connectivity index (χ3n) is 2.48. The minimum atomic E-state index is -0.316. The molecule has 0 saturated heterocycles. The lowest BCUT2D eigenvalue weighted by atomic mass is 10.2. The van der Waals surface area contributed by atoms with Gasteiger partial charge in [0.2, 0.25) is 0 Å². The monoisotopic (exact) mass is 251 g/mol. The van der Waals surface area contributed by atoms with Gasteiger partial charge in [-0.3, -0.25) is 0 Å². The molecule has 18 heavy (non-hydrogen) atoms. The number of aryl methyl sites for hydroxylation is 1. The Morgan fingerprint density at radius 3 is 3.00 bits per heavy atom. The Morgan fingerprint density at radius 2 is 2.33 bits per heavy atom. The Morgan fingerprint density at radius 1 is 1.50 bits per heavy atom. The Balaban J connectivity index is 1.98. The number of esters is 1. The Bertz CT molecular complexity index is 360. The third-order valence-corrected chi connectivity index (χ3v) is 2.48. The molecule has 1 aromatic heterocycles. The van der Waals surface area contributed by atoms with E-state index in [1.54, 1.807) is 13.1 Å². The SMILES string of the molecule is C=C(CNCCCCn1ccnc1)C(=O)OCC. The van der Waals surface area contributed by atoms with Gasteiger partial charge in [0, 0.05) is 31.1 Å². The van der Waals surface area contributed by atoms with Crippen LogP contribution in [0.4, 0.5) is 0 Å². The first-order chi connectivity index (χ1) is 8.74. The summed E-state index contributed by atoms with van der Waals surface area (Å²) in [5.41, 5.74) is 0.478. The summed E-state index contributed by atoms with van der Waals surface area (Å²) in [6.45, 7) is 8.19. The number of imidazole rings is 1. The fourth-order valence-corrected chi connectivity index (χ4v) is 1.51. The van der Waals surface area contributed by atoms with Gasteiger partial charge in [0.25, 0.3) is 0 Å². The molecule has 0 atom stereocenters. The molecule has 100 valence electrons. The van der Waals surface area contributed by atoms with Gasteiger partial charge in [0.1, 0.15) is 0 Å². The zero-order chi connectivity index (χ0) is 13.2. The molecule has 5 heteroatoms. The zero-order valence-corrected chi connectivity index (χ0v) is 10.9.